The van der Waals surface area contributed by atoms with Gasteiger partial charge < -0.3 is 9.47 Å². The molecule has 3 aliphatic carbocycles. The molecular formula is C22H35O3S+. The van der Waals surface area contributed by atoms with Gasteiger partial charge in [-0.2, -0.15) is 0 Å². The third kappa shape index (κ3) is 2.92. The highest BCUT2D eigenvalue weighted by Gasteiger charge is 2.60. The minimum atomic E-state index is -1.74. The van der Waals surface area contributed by atoms with E-state index in [1.54, 1.807) is 7.11 Å². The van der Waals surface area contributed by atoms with Crippen molar-refractivity contribution in [1.29, 1.82) is 0 Å². The molecule has 0 aromatic rings. The molecule has 4 rings (SSSR count). The quantitative estimate of drug-likeness (QED) is 0.680. The summed E-state index contributed by atoms with van der Waals surface area (Å²) in [4.78, 5) is 0. The maximum Gasteiger partial charge on any atom is 0.117 e. The summed E-state index contributed by atoms with van der Waals surface area (Å²) >= 11 is 0. The number of allylic oxidation sites excluding steroid dienone is 4. The molecule has 1 heterocycles. The standard InChI is InChI=1S/C22H35O3S/c1-21-10-8-17(24-3)12-16(21)6-7-18-19(21)9-11-22(2)20(18)15(13-25-22)14-26(4,5)23/h6,12,15,18-20H,7-11,13-14H2,1-5H3/q+1/t15?,18?,19?,20?,21-,22-/m0/s1. The van der Waals surface area contributed by atoms with E-state index in [9.17, 15) is 4.21 Å². The van der Waals surface area contributed by atoms with Crippen LogP contribution < -0.4 is 0 Å². The normalized spacial score (nSPS) is 45.1. The van der Waals surface area contributed by atoms with Gasteiger partial charge in [0.25, 0.3) is 0 Å². The SMILES string of the molecule is COC1=CC2=CCC3C(CC[C@]4(C)OCC(C[S+](C)(C)=O)C34)[C@@]2(C)CC1. The molecule has 1 aliphatic heterocycles. The van der Waals surface area contributed by atoms with Crippen LogP contribution in [0.25, 0.3) is 0 Å². The van der Waals surface area contributed by atoms with Crippen molar-refractivity contribution in [3.05, 3.63) is 23.5 Å². The molecule has 6 atom stereocenters. The highest BCUT2D eigenvalue weighted by atomic mass is 32.2. The third-order valence-electron chi connectivity index (χ3n) is 7.94. The average Bonchev–Trinajstić information content (AvgIpc) is 2.89. The first-order valence-corrected chi connectivity index (χ1v) is 12.7. The number of rotatable bonds is 3. The summed E-state index contributed by atoms with van der Waals surface area (Å²) in [6.07, 6.45) is 14.4. The van der Waals surface area contributed by atoms with Gasteiger partial charge in [-0.05, 0) is 61.5 Å². The number of fused-ring (bicyclic) bond motifs is 5. The smallest absolute Gasteiger partial charge is 0.117 e. The maximum absolute atomic E-state index is 12.6. The van der Waals surface area contributed by atoms with Crippen molar-refractivity contribution >= 4 is 9.93 Å². The van der Waals surface area contributed by atoms with E-state index in [4.69, 9.17) is 9.47 Å². The second-order valence-electron chi connectivity index (χ2n) is 9.95. The zero-order chi connectivity index (χ0) is 18.7. The molecule has 4 heteroatoms. The molecule has 146 valence electrons. The summed E-state index contributed by atoms with van der Waals surface area (Å²) < 4.78 is 24.5. The van der Waals surface area contributed by atoms with Gasteiger partial charge in [-0.25, -0.2) is 0 Å². The Labute approximate surface area is 160 Å². The summed E-state index contributed by atoms with van der Waals surface area (Å²) in [7, 11) is 0.0485. The van der Waals surface area contributed by atoms with Crippen molar-refractivity contribution in [3.63, 3.8) is 0 Å². The Morgan fingerprint density at radius 2 is 2.08 bits per heavy atom. The topological polar surface area (TPSA) is 35.5 Å². The van der Waals surface area contributed by atoms with E-state index in [1.807, 2.05) is 12.5 Å². The molecular weight excluding hydrogens is 344 g/mol. The number of ether oxygens (including phenoxy) is 2. The van der Waals surface area contributed by atoms with Crippen molar-refractivity contribution in [2.45, 2.75) is 51.6 Å². The Balaban J connectivity index is 1.68. The molecule has 0 bridgehead atoms. The van der Waals surface area contributed by atoms with Gasteiger partial charge in [0.05, 0.1) is 35.0 Å². The van der Waals surface area contributed by atoms with Crippen LogP contribution in [-0.4, -0.2) is 37.6 Å². The minimum absolute atomic E-state index is 0.0135. The first-order valence-electron chi connectivity index (χ1n) is 10.2. The zero-order valence-electron chi connectivity index (χ0n) is 17.0. The summed E-state index contributed by atoms with van der Waals surface area (Å²) in [5, 5.41) is 0. The predicted octanol–water partition coefficient (Wildman–Crippen LogP) is 4.45. The van der Waals surface area contributed by atoms with Gasteiger partial charge in [-0.1, -0.05) is 13.0 Å². The average molecular weight is 380 g/mol. The molecule has 0 N–H and O–H groups in total. The maximum atomic E-state index is 12.6. The molecule has 0 aromatic carbocycles. The largest absolute Gasteiger partial charge is 0.501 e. The van der Waals surface area contributed by atoms with Crippen LogP contribution in [0.4, 0.5) is 0 Å². The van der Waals surface area contributed by atoms with E-state index in [0.29, 0.717) is 23.7 Å². The van der Waals surface area contributed by atoms with Gasteiger partial charge in [0.15, 0.2) is 0 Å². The number of methoxy groups -OCH3 is 1. The van der Waals surface area contributed by atoms with Crippen LogP contribution in [0, 0.1) is 29.1 Å². The first kappa shape index (κ1) is 18.7. The van der Waals surface area contributed by atoms with Crippen LogP contribution in [0.15, 0.2) is 23.5 Å². The van der Waals surface area contributed by atoms with Gasteiger partial charge in [0, 0.05) is 18.3 Å². The summed E-state index contributed by atoms with van der Waals surface area (Å²) in [5.41, 5.74) is 1.75. The van der Waals surface area contributed by atoms with Crippen LogP contribution in [0.1, 0.15) is 46.0 Å². The second kappa shape index (κ2) is 6.20. The molecule has 26 heavy (non-hydrogen) atoms. The lowest BCUT2D eigenvalue weighted by atomic mass is 9.49. The molecule has 0 spiro atoms. The van der Waals surface area contributed by atoms with Crippen molar-refractivity contribution < 1.29 is 13.7 Å². The lowest BCUT2D eigenvalue weighted by molar-refractivity contribution is -0.0889. The van der Waals surface area contributed by atoms with Gasteiger partial charge in [0.2, 0.25) is 0 Å². The van der Waals surface area contributed by atoms with E-state index in [-0.39, 0.29) is 11.0 Å². The number of hydrogen-bond acceptors (Lipinski definition) is 3. The Morgan fingerprint density at radius 3 is 2.77 bits per heavy atom. The van der Waals surface area contributed by atoms with E-state index >= 15 is 0 Å². The molecule has 3 nitrogen and oxygen atoms in total. The first-order chi connectivity index (χ1) is 12.2. The molecule has 0 radical (unpaired) electrons. The Morgan fingerprint density at radius 1 is 1.31 bits per heavy atom. The van der Waals surface area contributed by atoms with Gasteiger partial charge in [-0.3, -0.25) is 0 Å². The monoisotopic (exact) mass is 379 g/mol. The van der Waals surface area contributed by atoms with Gasteiger partial charge >= 0.3 is 0 Å². The fourth-order valence-corrected chi connectivity index (χ4v) is 8.10. The third-order valence-corrected chi connectivity index (χ3v) is 9.17. The summed E-state index contributed by atoms with van der Waals surface area (Å²) in [6.45, 7) is 5.60. The van der Waals surface area contributed by atoms with Crippen molar-refractivity contribution in [2.75, 3.05) is 32.0 Å². The number of hydrogen-bond donors (Lipinski definition) is 0. The lowest BCUT2D eigenvalue weighted by Gasteiger charge is -2.56. The van der Waals surface area contributed by atoms with Crippen LogP contribution in [0.5, 0.6) is 0 Å². The minimum Gasteiger partial charge on any atom is -0.501 e. The Bertz CT molecular complexity index is 690. The van der Waals surface area contributed by atoms with E-state index < -0.39 is 9.93 Å². The molecule has 2 fully saturated rings. The molecule has 1 saturated heterocycles. The Kier molecular flexibility index (Phi) is 4.47. The summed E-state index contributed by atoms with van der Waals surface area (Å²) in [6, 6.07) is 0. The van der Waals surface area contributed by atoms with Gasteiger partial charge in [0.1, 0.15) is 18.3 Å². The van der Waals surface area contributed by atoms with E-state index in [2.05, 4.69) is 26.0 Å². The molecule has 0 aromatic heterocycles. The van der Waals surface area contributed by atoms with Crippen LogP contribution in [0.2, 0.25) is 0 Å². The fraction of sp³-hybridized carbons (Fsp3) is 0.818. The molecule has 4 aliphatic rings. The fourth-order valence-electron chi connectivity index (χ4n) is 6.77. The lowest BCUT2D eigenvalue weighted by Crippen LogP contribution is -2.52. The Hall–Kier alpha value is -0.610. The highest BCUT2D eigenvalue weighted by Crippen LogP contribution is 2.62. The highest BCUT2D eigenvalue weighted by molar-refractivity contribution is 8.01. The van der Waals surface area contributed by atoms with Crippen molar-refractivity contribution in [2.24, 2.45) is 29.1 Å². The zero-order valence-corrected chi connectivity index (χ0v) is 17.9. The van der Waals surface area contributed by atoms with Crippen LogP contribution in [-0.2, 0) is 23.6 Å². The summed E-state index contributed by atoms with van der Waals surface area (Å²) in [5.74, 6) is 4.31. The second-order valence-corrected chi connectivity index (χ2v) is 13.2. The van der Waals surface area contributed by atoms with Gasteiger partial charge in [-0.15, -0.1) is 4.21 Å². The van der Waals surface area contributed by atoms with Crippen molar-refractivity contribution in [3.8, 4) is 0 Å². The van der Waals surface area contributed by atoms with Crippen LogP contribution >= 0.6 is 0 Å². The molecule has 1 saturated carbocycles. The van der Waals surface area contributed by atoms with E-state index in [1.165, 1.54) is 18.4 Å². The van der Waals surface area contributed by atoms with Crippen molar-refractivity contribution in [1.82, 2.24) is 0 Å². The molecule has 0 amide bonds. The predicted molar refractivity (Wildman–Crippen MR) is 107 cm³/mol. The van der Waals surface area contributed by atoms with E-state index in [0.717, 1.165) is 37.4 Å². The molecule has 4 unspecified atom stereocenters. The van der Waals surface area contributed by atoms with Crippen LogP contribution in [0.3, 0.4) is 0 Å².